The second-order valence-corrected chi connectivity index (χ2v) is 5.13. The van der Waals surface area contributed by atoms with Crippen LogP contribution in [0.5, 0.6) is 0 Å². The zero-order chi connectivity index (χ0) is 15.1. The van der Waals surface area contributed by atoms with E-state index in [-0.39, 0.29) is 37.8 Å². The molecule has 0 aromatic heterocycles. The molecule has 1 aliphatic heterocycles. The smallest absolute Gasteiger partial charge is 0.320 e. The molecule has 0 saturated carbocycles. The molecular formula is C13H24N2O5. The van der Waals surface area contributed by atoms with Gasteiger partial charge >= 0.3 is 12.0 Å². The lowest BCUT2D eigenvalue weighted by Crippen LogP contribution is -2.49. The predicted octanol–water partition coefficient (Wildman–Crippen LogP) is 0.375. The topological polar surface area (TPSA) is 90.3 Å². The van der Waals surface area contributed by atoms with Crippen LogP contribution < -0.4 is 0 Å². The highest BCUT2D eigenvalue weighted by Crippen LogP contribution is 2.16. The summed E-state index contributed by atoms with van der Waals surface area (Å²) in [7, 11) is 1.68. The minimum atomic E-state index is -0.864. The highest BCUT2D eigenvalue weighted by molar-refractivity contribution is 5.74. The van der Waals surface area contributed by atoms with Crippen molar-refractivity contribution in [3.05, 3.63) is 0 Å². The molecule has 0 radical (unpaired) electrons. The van der Waals surface area contributed by atoms with Crippen molar-refractivity contribution in [2.24, 2.45) is 0 Å². The molecule has 7 heteroatoms. The number of hydrogen-bond acceptors (Lipinski definition) is 4. The Balaban J connectivity index is 2.31. The number of carboxylic acid groups (broad SMARTS) is 1. The van der Waals surface area contributed by atoms with Gasteiger partial charge in [-0.1, -0.05) is 0 Å². The van der Waals surface area contributed by atoms with Gasteiger partial charge in [0, 0.05) is 20.1 Å². The summed E-state index contributed by atoms with van der Waals surface area (Å²) in [5.74, 6) is -0.864. The zero-order valence-electron chi connectivity index (χ0n) is 12.1. The number of carboxylic acids is 1. The summed E-state index contributed by atoms with van der Waals surface area (Å²) in [5.41, 5.74) is 0. The van der Waals surface area contributed by atoms with Gasteiger partial charge in [-0.3, -0.25) is 4.79 Å². The van der Waals surface area contributed by atoms with Crippen molar-refractivity contribution in [2.45, 2.75) is 38.3 Å². The van der Waals surface area contributed by atoms with Crippen molar-refractivity contribution in [3.8, 4) is 0 Å². The van der Waals surface area contributed by atoms with E-state index in [2.05, 4.69) is 0 Å². The summed E-state index contributed by atoms with van der Waals surface area (Å²) in [4.78, 5) is 25.8. The Morgan fingerprint density at radius 1 is 1.40 bits per heavy atom. The van der Waals surface area contributed by atoms with Crippen molar-refractivity contribution >= 4 is 12.0 Å². The van der Waals surface area contributed by atoms with E-state index < -0.39 is 5.97 Å². The Kier molecular flexibility index (Phi) is 6.74. The number of urea groups is 1. The fourth-order valence-electron chi connectivity index (χ4n) is 2.06. The van der Waals surface area contributed by atoms with E-state index in [1.54, 1.807) is 18.9 Å². The van der Waals surface area contributed by atoms with Crippen LogP contribution in [0.25, 0.3) is 0 Å². The number of nitrogens with zero attached hydrogens (tertiary/aromatic N) is 2. The number of piperidine rings is 1. The first-order chi connectivity index (χ1) is 9.45. The molecule has 1 unspecified atom stereocenters. The first-order valence-electron chi connectivity index (χ1n) is 6.91. The number of rotatable bonds is 6. The van der Waals surface area contributed by atoms with Crippen LogP contribution in [0, 0.1) is 0 Å². The molecule has 1 fully saturated rings. The third-order valence-electron chi connectivity index (χ3n) is 3.61. The molecule has 2 N–H and O–H groups in total. The molecule has 0 bridgehead atoms. The number of aliphatic hydroxyl groups excluding tert-OH is 1. The van der Waals surface area contributed by atoms with Gasteiger partial charge in [0.05, 0.1) is 31.8 Å². The highest BCUT2D eigenvalue weighted by Gasteiger charge is 2.26. The van der Waals surface area contributed by atoms with Gasteiger partial charge in [-0.05, 0) is 19.8 Å². The maximum absolute atomic E-state index is 12.1. The number of ether oxygens (including phenoxy) is 1. The fraction of sp³-hybridized carbons (Fsp3) is 0.846. The average Bonchev–Trinajstić information content (AvgIpc) is 2.45. The zero-order valence-corrected chi connectivity index (χ0v) is 12.1. The molecule has 0 aromatic rings. The van der Waals surface area contributed by atoms with Gasteiger partial charge in [-0.15, -0.1) is 0 Å². The van der Waals surface area contributed by atoms with Crippen molar-refractivity contribution in [3.63, 3.8) is 0 Å². The van der Waals surface area contributed by atoms with Crippen molar-refractivity contribution < 1.29 is 24.5 Å². The van der Waals surface area contributed by atoms with Gasteiger partial charge in [0.1, 0.15) is 0 Å². The molecule has 1 heterocycles. The van der Waals surface area contributed by atoms with E-state index in [1.807, 2.05) is 0 Å². The normalized spacial score (nSPS) is 17.9. The monoisotopic (exact) mass is 288 g/mol. The first-order valence-corrected chi connectivity index (χ1v) is 6.91. The number of amides is 2. The number of likely N-dealkylation sites (N-methyl/N-ethyl adjacent to an activating group) is 1. The quantitative estimate of drug-likeness (QED) is 0.737. The van der Waals surface area contributed by atoms with E-state index >= 15 is 0 Å². The van der Waals surface area contributed by atoms with E-state index in [0.29, 0.717) is 25.9 Å². The molecule has 7 nitrogen and oxygen atoms in total. The van der Waals surface area contributed by atoms with Crippen LogP contribution >= 0.6 is 0 Å². The third-order valence-corrected chi connectivity index (χ3v) is 3.61. The number of carbonyl (C=O) groups is 2. The van der Waals surface area contributed by atoms with Crippen molar-refractivity contribution in [1.29, 1.82) is 0 Å². The molecular weight excluding hydrogens is 264 g/mol. The lowest BCUT2D eigenvalue weighted by molar-refractivity contribution is -0.138. The maximum Gasteiger partial charge on any atom is 0.320 e. The van der Waals surface area contributed by atoms with Gasteiger partial charge in [-0.2, -0.15) is 0 Å². The van der Waals surface area contributed by atoms with E-state index in [9.17, 15) is 9.59 Å². The lowest BCUT2D eigenvalue weighted by Gasteiger charge is -2.36. The van der Waals surface area contributed by atoms with Gasteiger partial charge in [0.25, 0.3) is 0 Å². The van der Waals surface area contributed by atoms with Crippen LogP contribution in [0.2, 0.25) is 0 Å². The Labute approximate surface area is 119 Å². The van der Waals surface area contributed by atoms with Gasteiger partial charge < -0.3 is 24.7 Å². The third kappa shape index (κ3) is 4.97. The molecule has 0 aliphatic carbocycles. The second-order valence-electron chi connectivity index (χ2n) is 5.13. The van der Waals surface area contributed by atoms with E-state index in [4.69, 9.17) is 14.9 Å². The Morgan fingerprint density at radius 3 is 2.50 bits per heavy atom. The average molecular weight is 288 g/mol. The standard InChI is InChI=1S/C13H24N2O5/c1-10(9-16)14(2)13(19)15-6-3-11(4-7-15)20-8-5-12(17)18/h10-11,16H,3-9H2,1-2H3,(H,17,18). The van der Waals surface area contributed by atoms with Crippen LogP contribution in [0.15, 0.2) is 0 Å². The summed E-state index contributed by atoms with van der Waals surface area (Å²) in [5, 5.41) is 17.6. The molecule has 1 atom stereocenters. The summed E-state index contributed by atoms with van der Waals surface area (Å²) < 4.78 is 5.48. The first kappa shape index (κ1) is 16.7. The number of hydrogen-bond donors (Lipinski definition) is 2. The van der Waals surface area contributed by atoms with Crippen LogP contribution in [-0.4, -0.2) is 77.5 Å². The second kappa shape index (κ2) is 8.06. The van der Waals surface area contributed by atoms with E-state index in [0.717, 1.165) is 0 Å². The molecule has 0 aromatic carbocycles. The molecule has 116 valence electrons. The molecule has 1 saturated heterocycles. The summed E-state index contributed by atoms with van der Waals surface area (Å²) in [6.07, 6.45) is 1.47. The van der Waals surface area contributed by atoms with Crippen LogP contribution in [0.1, 0.15) is 26.2 Å². The highest BCUT2D eigenvalue weighted by atomic mass is 16.5. The largest absolute Gasteiger partial charge is 0.481 e. The van der Waals surface area contributed by atoms with Crippen LogP contribution in [-0.2, 0) is 9.53 Å². The van der Waals surface area contributed by atoms with E-state index in [1.165, 1.54) is 4.90 Å². The van der Waals surface area contributed by atoms with Crippen molar-refractivity contribution in [2.75, 3.05) is 33.4 Å². The molecule has 0 spiro atoms. The predicted molar refractivity (Wildman–Crippen MR) is 72.5 cm³/mol. The van der Waals surface area contributed by atoms with Crippen LogP contribution in [0.4, 0.5) is 4.79 Å². The minimum absolute atomic E-state index is 0.00982. The molecule has 20 heavy (non-hydrogen) atoms. The fourth-order valence-corrected chi connectivity index (χ4v) is 2.06. The van der Waals surface area contributed by atoms with Gasteiger partial charge in [0.15, 0.2) is 0 Å². The molecule has 1 rings (SSSR count). The Morgan fingerprint density at radius 2 is 2.00 bits per heavy atom. The summed E-state index contributed by atoms with van der Waals surface area (Å²) >= 11 is 0. The summed E-state index contributed by atoms with van der Waals surface area (Å²) in [6, 6.07) is -0.289. The summed E-state index contributed by atoms with van der Waals surface area (Å²) in [6.45, 7) is 3.14. The molecule has 1 aliphatic rings. The Bertz CT molecular complexity index is 329. The van der Waals surface area contributed by atoms with Gasteiger partial charge in [-0.25, -0.2) is 4.79 Å². The van der Waals surface area contributed by atoms with Gasteiger partial charge in [0.2, 0.25) is 0 Å². The van der Waals surface area contributed by atoms with Crippen molar-refractivity contribution in [1.82, 2.24) is 9.80 Å². The van der Waals surface area contributed by atoms with Crippen LogP contribution in [0.3, 0.4) is 0 Å². The Hall–Kier alpha value is -1.34. The SMILES string of the molecule is CC(CO)N(C)C(=O)N1CCC(OCCC(=O)O)CC1. The lowest BCUT2D eigenvalue weighted by atomic mass is 10.1. The minimum Gasteiger partial charge on any atom is -0.481 e. The number of carbonyl (C=O) groups excluding carboxylic acids is 1. The number of aliphatic hydroxyl groups is 1. The maximum atomic E-state index is 12.1. The number of aliphatic carboxylic acids is 1. The number of likely N-dealkylation sites (tertiary alicyclic amines) is 1. The molecule has 2 amide bonds.